The van der Waals surface area contributed by atoms with Crippen LogP contribution < -0.4 is 5.32 Å². The van der Waals surface area contributed by atoms with E-state index in [0.29, 0.717) is 18.9 Å². The summed E-state index contributed by atoms with van der Waals surface area (Å²) in [6, 6.07) is -0.0514. The van der Waals surface area contributed by atoms with Crippen molar-refractivity contribution in [2.75, 3.05) is 19.6 Å². The molecule has 1 heterocycles. The van der Waals surface area contributed by atoms with Gasteiger partial charge in [0.25, 0.3) is 0 Å². The maximum atomic E-state index is 11.8. The second kappa shape index (κ2) is 7.14. The Bertz CT molecular complexity index is 268. The average Bonchev–Trinajstić information content (AvgIpc) is 2.49. The zero-order valence-electron chi connectivity index (χ0n) is 10.4. The molecular formula is C12H22N2O3. The molecule has 0 bridgehead atoms. The van der Waals surface area contributed by atoms with Crippen LogP contribution in [0.1, 0.15) is 39.0 Å². The quantitative estimate of drug-likeness (QED) is 0.737. The van der Waals surface area contributed by atoms with E-state index in [2.05, 4.69) is 12.2 Å². The van der Waals surface area contributed by atoms with Gasteiger partial charge in [-0.3, -0.25) is 4.79 Å². The van der Waals surface area contributed by atoms with Gasteiger partial charge in [0.1, 0.15) is 0 Å². The van der Waals surface area contributed by atoms with E-state index in [4.69, 9.17) is 5.11 Å². The van der Waals surface area contributed by atoms with Gasteiger partial charge in [-0.25, -0.2) is 4.79 Å². The molecule has 17 heavy (non-hydrogen) atoms. The first-order valence-electron chi connectivity index (χ1n) is 6.34. The maximum Gasteiger partial charge on any atom is 0.317 e. The fourth-order valence-electron chi connectivity index (χ4n) is 2.01. The number of hydrogen-bond donors (Lipinski definition) is 2. The highest BCUT2D eigenvalue weighted by atomic mass is 16.4. The lowest BCUT2D eigenvalue weighted by Crippen LogP contribution is -2.41. The Kier molecular flexibility index (Phi) is 5.80. The highest BCUT2D eigenvalue weighted by Gasteiger charge is 2.17. The third kappa shape index (κ3) is 5.56. The van der Waals surface area contributed by atoms with Gasteiger partial charge in [-0.1, -0.05) is 6.92 Å². The fraction of sp³-hybridized carbons (Fsp3) is 0.833. The first-order chi connectivity index (χ1) is 8.09. The lowest BCUT2D eigenvalue weighted by atomic mass is 10.0. The summed E-state index contributed by atoms with van der Waals surface area (Å²) in [6.07, 6.45) is 3.90. The number of hydrogen-bond acceptors (Lipinski definition) is 2. The third-order valence-electron chi connectivity index (χ3n) is 3.15. The van der Waals surface area contributed by atoms with Crippen LogP contribution in [0.4, 0.5) is 4.79 Å². The monoisotopic (exact) mass is 242 g/mol. The highest BCUT2D eigenvalue weighted by molar-refractivity contribution is 5.74. The summed E-state index contributed by atoms with van der Waals surface area (Å²) in [6.45, 7) is 4.28. The molecule has 1 fully saturated rings. The number of nitrogens with one attached hydrogen (secondary N) is 1. The standard InChI is InChI=1S/C12H22N2O3/c1-10-4-3-8-14(9-6-10)12(17)13-7-2-5-11(15)16/h10H,2-9H2,1H3,(H,13,17)(H,15,16). The molecule has 5 nitrogen and oxygen atoms in total. The molecule has 1 rings (SSSR count). The van der Waals surface area contributed by atoms with E-state index in [-0.39, 0.29) is 12.5 Å². The van der Waals surface area contributed by atoms with Crippen LogP contribution in [-0.4, -0.2) is 41.6 Å². The van der Waals surface area contributed by atoms with Crippen LogP contribution in [0, 0.1) is 5.92 Å². The topological polar surface area (TPSA) is 69.6 Å². The van der Waals surface area contributed by atoms with Gasteiger partial charge in [-0.15, -0.1) is 0 Å². The molecule has 0 aromatic heterocycles. The number of aliphatic carboxylic acids is 1. The number of carbonyl (C=O) groups excluding carboxylic acids is 1. The summed E-state index contributed by atoms with van der Waals surface area (Å²) in [5, 5.41) is 11.2. The molecule has 0 aliphatic carbocycles. The number of nitrogens with zero attached hydrogens (tertiary/aromatic N) is 1. The Hall–Kier alpha value is -1.26. The summed E-state index contributed by atoms with van der Waals surface area (Å²) in [4.78, 5) is 23.9. The zero-order chi connectivity index (χ0) is 12.7. The number of carbonyl (C=O) groups is 2. The minimum Gasteiger partial charge on any atom is -0.481 e. The number of likely N-dealkylation sites (tertiary alicyclic amines) is 1. The summed E-state index contributed by atoms with van der Waals surface area (Å²) in [5.74, 6) is -0.123. The first kappa shape index (κ1) is 13.8. The Morgan fingerprint density at radius 1 is 1.35 bits per heavy atom. The van der Waals surface area contributed by atoms with Crippen LogP contribution in [0.3, 0.4) is 0 Å². The van der Waals surface area contributed by atoms with Crippen molar-refractivity contribution < 1.29 is 14.7 Å². The molecule has 0 saturated carbocycles. The van der Waals surface area contributed by atoms with Gasteiger partial charge in [0, 0.05) is 26.1 Å². The normalized spacial score (nSPS) is 20.8. The minimum atomic E-state index is -0.817. The van der Waals surface area contributed by atoms with E-state index in [1.54, 1.807) is 0 Å². The van der Waals surface area contributed by atoms with Gasteiger partial charge >= 0.3 is 12.0 Å². The molecule has 0 spiro atoms. The fourth-order valence-corrected chi connectivity index (χ4v) is 2.01. The molecule has 1 aliphatic rings. The second-order valence-corrected chi connectivity index (χ2v) is 4.75. The van der Waals surface area contributed by atoms with E-state index < -0.39 is 5.97 Å². The van der Waals surface area contributed by atoms with Gasteiger partial charge in [0.05, 0.1) is 0 Å². The van der Waals surface area contributed by atoms with Gasteiger partial charge < -0.3 is 15.3 Å². The summed E-state index contributed by atoms with van der Waals surface area (Å²) in [5.41, 5.74) is 0. The molecule has 0 radical (unpaired) electrons. The van der Waals surface area contributed by atoms with Crippen molar-refractivity contribution >= 4 is 12.0 Å². The highest BCUT2D eigenvalue weighted by Crippen LogP contribution is 2.16. The van der Waals surface area contributed by atoms with Crippen molar-refractivity contribution in [3.63, 3.8) is 0 Å². The molecule has 2 N–H and O–H groups in total. The zero-order valence-corrected chi connectivity index (χ0v) is 10.4. The molecule has 0 aromatic rings. The summed E-state index contributed by atoms with van der Waals surface area (Å²) in [7, 11) is 0. The van der Waals surface area contributed by atoms with Crippen LogP contribution >= 0.6 is 0 Å². The van der Waals surface area contributed by atoms with Crippen molar-refractivity contribution in [1.29, 1.82) is 0 Å². The van der Waals surface area contributed by atoms with Crippen LogP contribution in [0.5, 0.6) is 0 Å². The lowest BCUT2D eigenvalue weighted by Gasteiger charge is -2.20. The molecular weight excluding hydrogens is 220 g/mol. The predicted molar refractivity (Wildman–Crippen MR) is 64.9 cm³/mol. The Labute approximate surface area is 102 Å². The van der Waals surface area contributed by atoms with E-state index >= 15 is 0 Å². The molecule has 0 aromatic carbocycles. The van der Waals surface area contributed by atoms with Crippen molar-refractivity contribution in [2.45, 2.75) is 39.0 Å². The number of urea groups is 1. The minimum absolute atomic E-state index is 0.0514. The number of carboxylic acid groups (broad SMARTS) is 1. The molecule has 1 saturated heterocycles. The maximum absolute atomic E-state index is 11.8. The van der Waals surface area contributed by atoms with Crippen LogP contribution in [0.2, 0.25) is 0 Å². The van der Waals surface area contributed by atoms with E-state index in [1.165, 1.54) is 6.42 Å². The molecule has 2 amide bonds. The Morgan fingerprint density at radius 3 is 2.82 bits per heavy atom. The van der Waals surface area contributed by atoms with Gasteiger partial charge in [0.2, 0.25) is 0 Å². The molecule has 5 heteroatoms. The molecule has 1 aliphatic heterocycles. The molecule has 1 atom stereocenters. The van der Waals surface area contributed by atoms with E-state index in [1.807, 2.05) is 4.90 Å². The van der Waals surface area contributed by atoms with Crippen LogP contribution in [0.25, 0.3) is 0 Å². The third-order valence-corrected chi connectivity index (χ3v) is 3.15. The van der Waals surface area contributed by atoms with Crippen LogP contribution in [0.15, 0.2) is 0 Å². The molecule has 1 unspecified atom stereocenters. The molecule has 98 valence electrons. The van der Waals surface area contributed by atoms with Crippen molar-refractivity contribution in [2.24, 2.45) is 5.92 Å². The number of amides is 2. The second-order valence-electron chi connectivity index (χ2n) is 4.75. The van der Waals surface area contributed by atoms with Gasteiger partial charge in [0.15, 0.2) is 0 Å². The van der Waals surface area contributed by atoms with Gasteiger partial charge in [-0.2, -0.15) is 0 Å². The lowest BCUT2D eigenvalue weighted by molar-refractivity contribution is -0.137. The summed E-state index contributed by atoms with van der Waals surface area (Å²) < 4.78 is 0. The van der Waals surface area contributed by atoms with Crippen LogP contribution in [-0.2, 0) is 4.79 Å². The Balaban J connectivity index is 2.20. The predicted octanol–water partition coefficient (Wildman–Crippen LogP) is 1.68. The average molecular weight is 242 g/mol. The number of rotatable bonds is 4. The largest absolute Gasteiger partial charge is 0.481 e. The van der Waals surface area contributed by atoms with Crippen molar-refractivity contribution in [3.8, 4) is 0 Å². The summed E-state index contributed by atoms with van der Waals surface area (Å²) >= 11 is 0. The van der Waals surface area contributed by atoms with Crippen molar-refractivity contribution in [1.82, 2.24) is 10.2 Å². The Morgan fingerprint density at radius 2 is 2.12 bits per heavy atom. The van der Waals surface area contributed by atoms with E-state index in [9.17, 15) is 9.59 Å². The number of carboxylic acids is 1. The first-order valence-corrected chi connectivity index (χ1v) is 6.34. The van der Waals surface area contributed by atoms with Crippen molar-refractivity contribution in [3.05, 3.63) is 0 Å². The smallest absolute Gasteiger partial charge is 0.317 e. The van der Waals surface area contributed by atoms with Gasteiger partial charge in [-0.05, 0) is 31.6 Å². The SMILES string of the molecule is CC1CCCN(C(=O)NCCCC(=O)O)CC1. The van der Waals surface area contributed by atoms with E-state index in [0.717, 1.165) is 25.9 Å².